The van der Waals surface area contributed by atoms with E-state index in [1.807, 2.05) is 0 Å². The van der Waals surface area contributed by atoms with E-state index >= 15 is 0 Å². The van der Waals surface area contributed by atoms with Crippen LogP contribution in [0.3, 0.4) is 0 Å². The summed E-state index contributed by atoms with van der Waals surface area (Å²) in [5.74, 6) is 5.18. The summed E-state index contributed by atoms with van der Waals surface area (Å²) >= 11 is 0. The molecule has 24 heavy (non-hydrogen) atoms. The highest BCUT2D eigenvalue weighted by Gasteiger charge is 2.24. The molecule has 0 radical (unpaired) electrons. The van der Waals surface area contributed by atoms with Crippen molar-refractivity contribution < 1.29 is 0 Å². The molecule has 0 saturated heterocycles. The number of unbranched alkanes of at least 4 members (excludes halogenated alkanes) is 1. The second kappa shape index (κ2) is 11.6. The molecule has 0 aromatic rings. The molecule has 142 valence electrons. The normalized spacial score (nSPS) is 33.6. The maximum atomic E-state index is 2.48. The van der Waals surface area contributed by atoms with Gasteiger partial charge in [-0.2, -0.15) is 0 Å². The van der Waals surface area contributed by atoms with Crippen molar-refractivity contribution in [1.82, 2.24) is 0 Å². The largest absolute Gasteiger partial charge is 0.0654 e. The molecule has 0 aliphatic heterocycles. The molecular weight excluding hydrogens is 288 g/mol. The maximum Gasteiger partial charge on any atom is -0.0386 e. The van der Waals surface area contributed by atoms with E-state index in [1.165, 1.54) is 103 Å². The molecule has 0 bridgehead atoms. The molecule has 2 rings (SSSR count). The van der Waals surface area contributed by atoms with Crippen molar-refractivity contribution in [3.8, 4) is 0 Å². The first-order chi connectivity index (χ1) is 11.7. The molecular formula is C24H46. The van der Waals surface area contributed by atoms with E-state index in [2.05, 4.69) is 20.8 Å². The smallest absolute Gasteiger partial charge is 0.0386 e. The van der Waals surface area contributed by atoms with Crippen LogP contribution < -0.4 is 0 Å². The van der Waals surface area contributed by atoms with Gasteiger partial charge in [-0.15, -0.1) is 0 Å². The minimum atomic E-state index is 0.995. The summed E-state index contributed by atoms with van der Waals surface area (Å²) in [5, 5.41) is 0. The first-order valence-electron chi connectivity index (χ1n) is 11.7. The quantitative estimate of drug-likeness (QED) is 0.309. The van der Waals surface area contributed by atoms with Crippen molar-refractivity contribution in [2.45, 2.75) is 124 Å². The fourth-order valence-electron chi connectivity index (χ4n) is 5.67. The van der Waals surface area contributed by atoms with Crippen LogP contribution in [0.5, 0.6) is 0 Å². The molecule has 0 spiro atoms. The molecule has 0 amide bonds. The predicted octanol–water partition coefficient (Wildman–Crippen LogP) is 8.40. The Labute approximate surface area is 153 Å². The molecule has 5 unspecified atom stereocenters. The fraction of sp³-hybridized carbons (Fsp3) is 1.00. The second-order valence-electron chi connectivity index (χ2n) is 9.69. The van der Waals surface area contributed by atoms with Crippen molar-refractivity contribution >= 4 is 0 Å². The molecule has 0 nitrogen and oxygen atoms in total. The van der Waals surface area contributed by atoms with Gasteiger partial charge in [0, 0.05) is 0 Å². The summed E-state index contributed by atoms with van der Waals surface area (Å²) in [5.41, 5.74) is 0. The molecule has 0 heteroatoms. The molecule has 0 aromatic heterocycles. The van der Waals surface area contributed by atoms with Crippen LogP contribution in [0.25, 0.3) is 0 Å². The first-order valence-corrected chi connectivity index (χ1v) is 11.7. The lowest BCUT2D eigenvalue weighted by atomic mass is 9.79. The first kappa shape index (κ1) is 20.3. The van der Waals surface area contributed by atoms with E-state index in [0.29, 0.717) is 0 Å². The third-order valence-electron chi connectivity index (χ3n) is 7.44. The Morgan fingerprint density at radius 1 is 0.708 bits per heavy atom. The van der Waals surface area contributed by atoms with E-state index in [-0.39, 0.29) is 0 Å². The zero-order chi connectivity index (χ0) is 17.2. The number of rotatable bonds is 8. The molecule has 5 atom stereocenters. The lowest BCUT2D eigenvalue weighted by Gasteiger charge is -2.26. The Kier molecular flexibility index (Phi) is 9.80. The molecule has 0 heterocycles. The zero-order valence-corrected chi connectivity index (χ0v) is 17.2. The highest BCUT2D eigenvalue weighted by Crippen LogP contribution is 2.37. The average Bonchev–Trinajstić information content (AvgIpc) is 2.91. The van der Waals surface area contributed by atoms with Gasteiger partial charge in [-0.3, -0.25) is 0 Å². The molecule has 2 fully saturated rings. The van der Waals surface area contributed by atoms with E-state index in [1.54, 1.807) is 0 Å². The van der Waals surface area contributed by atoms with Gasteiger partial charge in [0.1, 0.15) is 0 Å². The van der Waals surface area contributed by atoms with Crippen LogP contribution >= 0.6 is 0 Å². The van der Waals surface area contributed by atoms with Crippen LogP contribution in [0.2, 0.25) is 0 Å². The van der Waals surface area contributed by atoms with Gasteiger partial charge in [0.05, 0.1) is 0 Å². The van der Waals surface area contributed by atoms with Crippen LogP contribution in [-0.2, 0) is 0 Å². The van der Waals surface area contributed by atoms with Gasteiger partial charge in [-0.05, 0) is 36.0 Å². The summed E-state index contributed by atoms with van der Waals surface area (Å²) in [6.45, 7) is 7.34. The van der Waals surface area contributed by atoms with Crippen LogP contribution in [0, 0.1) is 29.6 Å². The van der Waals surface area contributed by atoms with Crippen molar-refractivity contribution in [2.75, 3.05) is 0 Å². The van der Waals surface area contributed by atoms with Gasteiger partial charge < -0.3 is 0 Å². The Morgan fingerprint density at radius 2 is 1.42 bits per heavy atom. The summed E-state index contributed by atoms with van der Waals surface area (Å²) in [6, 6.07) is 0. The third-order valence-corrected chi connectivity index (χ3v) is 7.44. The Morgan fingerprint density at radius 3 is 2.17 bits per heavy atom. The highest BCUT2D eigenvalue weighted by atomic mass is 14.3. The summed E-state index contributed by atoms with van der Waals surface area (Å²) < 4.78 is 0. The van der Waals surface area contributed by atoms with Gasteiger partial charge in [-0.25, -0.2) is 0 Å². The number of hydrogen-bond donors (Lipinski definition) is 0. The van der Waals surface area contributed by atoms with E-state index in [9.17, 15) is 0 Å². The lowest BCUT2D eigenvalue weighted by molar-refractivity contribution is 0.251. The lowest BCUT2D eigenvalue weighted by Crippen LogP contribution is -2.15. The molecule has 2 aliphatic carbocycles. The average molecular weight is 335 g/mol. The van der Waals surface area contributed by atoms with Crippen LogP contribution in [-0.4, -0.2) is 0 Å². The van der Waals surface area contributed by atoms with Crippen LogP contribution in [0.15, 0.2) is 0 Å². The minimum Gasteiger partial charge on any atom is -0.0654 e. The molecule has 0 aromatic carbocycles. The van der Waals surface area contributed by atoms with Crippen molar-refractivity contribution in [3.63, 3.8) is 0 Å². The van der Waals surface area contributed by atoms with Gasteiger partial charge >= 0.3 is 0 Å². The summed E-state index contributed by atoms with van der Waals surface area (Å²) in [6.07, 6.45) is 24.1. The van der Waals surface area contributed by atoms with E-state index in [4.69, 9.17) is 0 Å². The Hall–Kier alpha value is 0. The topological polar surface area (TPSA) is 0 Å². The van der Waals surface area contributed by atoms with Crippen molar-refractivity contribution in [2.24, 2.45) is 29.6 Å². The minimum absolute atomic E-state index is 0.995. The van der Waals surface area contributed by atoms with E-state index < -0.39 is 0 Å². The highest BCUT2D eigenvalue weighted by molar-refractivity contribution is 4.75. The zero-order valence-electron chi connectivity index (χ0n) is 17.2. The van der Waals surface area contributed by atoms with Crippen molar-refractivity contribution in [3.05, 3.63) is 0 Å². The fourth-order valence-corrected chi connectivity index (χ4v) is 5.67. The summed E-state index contributed by atoms with van der Waals surface area (Å²) in [4.78, 5) is 0. The monoisotopic (exact) mass is 334 g/mol. The molecule has 2 aliphatic rings. The Balaban J connectivity index is 1.67. The van der Waals surface area contributed by atoms with E-state index in [0.717, 1.165) is 29.6 Å². The third kappa shape index (κ3) is 7.49. The SMILES string of the molecule is CCCC(CCCCC1CCCC(C)CC1)C1CCCC(C)CC1. The van der Waals surface area contributed by atoms with Gasteiger partial charge in [0.2, 0.25) is 0 Å². The van der Waals surface area contributed by atoms with Crippen LogP contribution in [0.1, 0.15) is 124 Å². The Bertz CT molecular complexity index is 307. The standard InChI is InChI=1S/C24H46/c1-4-9-23(24-15-8-11-21(3)17-19-24)14-6-5-12-22-13-7-10-20(2)16-18-22/h20-24H,4-19H2,1-3H3. The summed E-state index contributed by atoms with van der Waals surface area (Å²) in [7, 11) is 0. The molecule has 2 saturated carbocycles. The predicted molar refractivity (Wildman–Crippen MR) is 108 cm³/mol. The van der Waals surface area contributed by atoms with Gasteiger partial charge in [-0.1, -0.05) is 117 Å². The van der Waals surface area contributed by atoms with Crippen LogP contribution in [0.4, 0.5) is 0 Å². The number of hydrogen-bond acceptors (Lipinski definition) is 0. The second-order valence-corrected chi connectivity index (χ2v) is 9.69. The van der Waals surface area contributed by atoms with Crippen molar-refractivity contribution in [1.29, 1.82) is 0 Å². The van der Waals surface area contributed by atoms with Gasteiger partial charge in [0.15, 0.2) is 0 Å². The van der Waals surface area contributed by atoms with Gasteiger partial charge in [0.25, 0.3) is 0 Å². The molecule has 0 N–H and O–H groups in total. The maximum absolute atomic E-state index is 2.48.